The Morgan fingerprint density at radius 3 is 2.47 bits per heavy atom. The van der Waals surface area contributed by atoms with Crippen LogP contribution in [0.5, 0.6) is 0 Å². The van der Waals surface area contributed by atoms with E-state index in [1.165, 1.54) is 6.92 Å². The van der Waals surface area contributed by atoms with Crippen molar-refractivity contribution in [1.29, 1.82) is 0 Å². The van der Waals surface area contributed by atoms with E-state index in [1.807, 2.05) is 0 Å². The molecule has 7 heteroatoms. The average Bonchev–Trinajstić information content (AvgIpc) is 2.29. The van der Waals surface area contributed by atoms with E-state index < -0.39 is 40.9 Å². The first-order valence-corrected chi connectivity index (χ1v) is 5.51. The third kappa shape index (κ3) is 4.29. The van der Waals surface area contributed by atoms with Gasteiger partial charge in [0.05, 0.1) is 17.4 Å². The Labute approximate surface area is 107 Å². The third-order valence-corrected chi connectivity index (χ3v) is 2.35. The van der Waals surface area contributed by atoms with Crippen molar-refractivity contribution in [3.8, 4) is 0 Å². The lowest BCUT2D eigenvalue weighted by molar-refractivity contribution is -0.116. The number of benzene rings is 1. The minimum Gasteiger partial charge on any atom is -0.478 e. The normalized spacial score (nSPS) is 12.0. The summed E-state index contributed by atoms with van der Waals surface area (Å²) in [6.07, 6.45) is -0.560. The van der Waals surface area contributed by atoms with E-state index in [9.17, 15) is 18.4 Å². The van der Waals surface area contributed by atoms with Gasteiger partial charge in [0.2, 0.25) is 5.91 Å². The molecular formula is C12H13F2NO4. The Morgan fingerprint density at radius 2 is 1.95 bits per heavy atom. The first kappa shape index (κ1) is 15.0. The second kappa shape index (κ2) is 6.24. The van der Waals surface area contributed by atoms with Crippen LogP contribution >= 0.6 is 0 Å². The molecule has 0 saturated heterocycles. The van der Waals surface area contributed by atoms with Gasteiger partial charge < -0.3 is 15.5 Å². The lowest BCUT2D eigenvalue weighted by Gasteiger charge is -2.09. The molecule has 1 aromatic rings. The number of aromatic carboxylic acids is 1. The highest BCUT2D eigenvalue weighted by Crippen LogP contribution is 2.20. The van der Waals surface area contributed by atoms with Crippen molar-refractivity contribution >= 4 is 17.6 Å². The maximum Gasteiger partial charge on any atom is 0.338 e. The van der Waals surface area contributed by atoms with Crippen LogP contribution in [0.2, 0.25) is 0 Å². The lowest BCUT2D eigenvalue weighted by Crippen LogP contribution is -2.16. The van der Waals surface area contributed by atoms with E-state index in [0.717, 1.165) is 0 Å². The molecule has 1 atom stereocenters. The molecule has 0 radical (unpaired) electrons. The van der Waals surface area contributed by atoms with E-state index in [-0.39, 0.29) is 12.8 Å². The Hall–Kier alpha value is -2.02. The van der Waals surface area contributed by atoms with Gasteiger partial charge in [-0.3, -0.25) is 4.79 Å². The number of anilines is 1. The zero-order valence-corrected chi connectivity index (χ0v) is 10.1. The van der Waals surface area contributed by atoms with Gasteiger partial charge in [0, 0.05) is 12.5 Å². The fourth-order valence-corrected chi connectivity index (χ4v) is 1.36. The molecule has 0 spiro atoms. The van der Waals surface area contributed by atoms with Crippen molar-refractivity contribution in [1.82, 2.24) is 0 Å². The number of carbonyl (C=O) groups is 2. The molecule has 3 N–H and O–H groups in total. The maximum atomic E-state index is 13.4. The number of carboxylic acids is 1. The van der Waals surface area contributed by atoms with Crippen molar-refractivity contribution in [2.24, 2.45) is 0 Å². The standard InChI is InChI=1S/C12H13F2NO4/c1-6(16)2-3-11(17)15-10-4-7(12(18)19)8(13)5-9(10)14/h4-6,16H,2-3H2,1H3,(H,15,17)(H,18,19). The zero-order valence-electron chi connectivity index (χ0n) is 10.1. The second-order valence-electron chi connectivity index (χ2n) is 4.05. The van der Waals surface area contributed by atoms with Gasteiger partial charge in [0.1, 0.15) is 11.6 Å². The number of amides is 1. The van der Waals surface area contributed by atoms with Crippen molar-refractivity contribution in [2.45, 2.75) is 25.9 Å². The molecule has 1 rings (SSSR count). The fraction of sp³-hybridized carbons (Fsp3) is 0.333. The van der Waals surface area contributed by atoms with Gasteiger partial charge in [-0.25, -0.2) is 13.6 Å². The molecule has 1 unspecified atom stereocenters. The highest BCUT2D eigenvalue weighted by Gasteiger charge is 2.16. The van der Waals surface area contributed by atoms with Crippen LogP contribution in [0.3, 0.4) is 0 Å². The van der Waals surface area contributed by atoms with Crippen LogP contribution in [0, 0.1) is 11.6 Å². The second-order valence-corrected chi connectivity index (χ2v) is 4.05. The van der Waals surface area contributed by atoms with Gasteiger partial charge in [-0.1, -0.05) is 0 Å². The molecule has 5 nitrogen and oxygen atoms in total. The Bertz CT molecular complexity index is 503. The molecule has 0 bridgehead atoms. The largest absolute Gasteiger partial charge is 0.478 e. The molecule has 0 saturated carbocycles. The minimum absolute atomic E-state index is 0.0586. The maximum absolute atomic E-state index is 13.4. The summed E-state index contributed by atoms with van der Waals surface area (Å²) in [7, 11) is 0. The van der Waals surface area contributed by atoms with E-state index in [4.69, 9.17) is 10.2 Å². The molecule has 104 valence electrons. The topological polar surface area (TPSA) is 86.6 Å². The first-order chi connectivity index (χ1) is 8.81. The Morgan fingerprint density at radius 1 is 1.32 bits per heavy atom. The number of aliphatic hydroxyl groups is 1. The van der Waals surface area contributed by atoms with Crippen LogP contribution in [0.15, 0.2) is 12.1 Å². The summed E-state index contributed by atoms with van der Waals surface area (Å²) < 4.78 is 26.5. The smallest absolute Gasteiger partial charge is 0.338 e. The van der Waals surface area contributed by atoms with Crippen LogP contribution in [-0.2, 0) is 4.79 Å². The number of nitrogens with one attached hydrogen (secondary N) is 1. The fourth-order valence-electron chi connectivity index (χ4n) is 1.36. The van der Waals surface area contributed by atoms with Crippen LogP contribution in [0.4, 0.5) is 14.5 Å². The van der Waals surface area contributed by atoms with Crippen molar-refractivity contribution in [2.75, 3.05) is 5.32 Å². The molecule has 0 heterocycles. The van der Waals surface area contributed by atoms with Gasteiger partial charge in [0.25, 0.3) is 0 Å². The molecule has 0 aliphatic rings. The van der Waals surface area contributed by atoms with Gasteiger partial charge >= 0.3 is 5.97 Å². The molecule has 1 aromatic carbocycles. The van der Waals surface area contributed by atoms with E-state index in [0.29, 0.717) is 12.1 Å². The third-order valence-electron chi connectivity index (χ3n) is 2.35. The molecule has 0 aromatic heterocycles. The number of hydrogen-bond donors (Lipinski definition) is 3. The highest BCUT2D eigenvalue weighted by molar-refractivity contribution is 5.94. The van der Waals surface area contributed by atoms with E-state index in [2.05, 4.69) is 5.32 Å². The summed E-state index contributed by atoms with van der Waals surface area (Å²) >= 11 is 0. The quantitative estimate of drug-likeness (QED) is 0.763. The SMILES string of the molecule is CC(O)CCC(=O)Nc1cc(C(=O)O)c(F)cc1F. The van der Waals surface area contributed by atoms with E-state index >= 15 is 0 Å². The monoisotopic (exact) mass is 273 g/mol. The van der Waals surface area contributed by atoms with Crippen LogP contribution in [-0.4, -0.2) is 28.2 Å². The number of halogens is 2. The van der Waals surface area contributed by atoms with Gasteiger partial charge in [-0.05, 0) is 19.4 Å². The molecule has 19 heavy (non-hydrogen) atoms. The molecule has 0 fully saturated rings. The summed E-state index contributed by atoms with van der Waals surface area (Å²) in [5.74, 6) is -4.43. The molecule has 0 aliphatic carbocycles. The van der Waals surface area contributed by atoms with E-state index in [1.54, 1.807) is 0 Å². The predicted molar refractivity (Wildman–Crippen MR) is 62.9 cm³/mol. The van der Waals surface area contributed by atoms with Crippen molar-refractivity contribution in [3.05, 3.63) is 29.3 Å². The number of hydrogen-bond acceptors (Lipinski definition) is 3. The summed E-state index contributed by atoms with van der Waals surface area (Å²) in [6, 6.07) is 1.11. The highest BCUT2D eigenvalue weighted by atomic mass is 19.1. The summed E-state index contributed by atoms with van der Waals surface area (Å²) in [4.78, 5) is 22.1. The summed E-state index contributed by atoms with van der Waals surface area (Å²) in [5.41, 5.74) is -1.14. The zero-order chi connectivity index (χ0) is 14.6. The number of aliphatic hydroxyl groups excluding tert-OH is 1. The average molecular weight is 273 g/mol. The van der Waals surface area contributed by atoms with Gasteiger partial charge in [-0.2, -0.15) is 0 Å². The van der Waals surface area contributed by atoms with Gasteiger partial charge in [-0.15, -0.1) is 0 Å². The van der Waals surface area contributed by atoms with Crippen molar-refractivity contribution in [3.63, 3.8) is 0 Å². The summed E-state index contributed by atoms with van der Waals surface area (Å²) in [6.45, 7) is 1.49. The molecule has 0 aliphatic heterocycles. The Balaban J connectivity index is 2.86. The van der Waals surface area contributed by atoms with Gasteiger partial charge in [0.15, 0.2) is 0 Å². The lowest BCUT2D eigenvalue weighted by atomic mass is 10.1. The van der Waals surface area contributed by atoms with Crippen LogP contribution < -0.4 is 5.32 Å². The summed E-state index contributed by atoms with van der Waals surface area (Å²) in [5, 5.41) is 19.8. The van der Waals surface area contributed by atoms with Crippen LogP contribution in [0.1, 0.15) is 30.1 Å². The van der Waals surface area contributed by atoms with Crippen LogP contribution in [0.25, 0.3) is 0 Å². The predicted octanol–water partition coefficient (Wildman–Crippen LogP) is 1.76. The van der Waals surface area contributed by atoms with Crippen molar-refractivity contribution < 1.29 is 28.6 Å². The molecule has 1 amide bonds. The number of rotatable bonds is 5. The number of carbonyl (C=O) groups excluding carboxylic acids is 1. The minimum atomic E-state index is -1.56. The Kier molecular flexibility index (Phi) is 4.94. The first-order valence-electron chi connectivity index (χ1n) is 5.51. The number of carboxylic acid groups (broad SMARTS) is 1. The molecular weight excluding hydrogens is 260 g/mol.